The number of carbonyl (C=O) groups is 1. The Morgan fingerprint density at radius 2 is 1.86 bits per heavy atom. The SMILES string of the molecule is COc1ccc(/C=C(/C(=O)Nc2cc3c(cc2Br)OCCO3)c2cccs2)cc1. The average Bonchev–Trinajstić information content (AvgIpc) is 3.27. The van der Waals surface area contributed by atoms with Crippen LogP contribution in [-0.2, 0) is 4.79 Å². The minimum absolute atomic E-state index is 0.208. The van der Waals surface area contributed by atoms with Gasteiger partial charge in [-0.25, -0.2) is 0 Å². The number of ether oxygens (including phenoxy) is 3. The van der Waals surface area contributed by atoms with E-state index in [9.17, 15) is 4.79 Å². The minimum Gasteiger partial charge on any atom is -0.497 e. The van der Waals surface area contributed by atoms with Crippen molar-refractivity contribution in [2.45, 2.75) is 0 Å². The summed E-state index contributed by atoms with van der Waals surface area (Å²) in [7, 11) is 1.63. The molecule has 4 rings (SSSR count). The topological polar surface area (TPSA) is 56.8 Å². The first-order chi connectivity index (χ1) is 14.1. The summed E-state index contributed by atoms with van der Waals surface area (Å²) >= 11 is 5.02. The molecule has 0 saturated carbocycles. The third kappa shape index (κ3) is 4.46. The van der Waals surface area contributed by atoms with Crippen LogP contribution in [0.5, 0.6) is 17.2 Å². The van der Waals surface area contributed by atoms with E-state index in [4.69, 9.17) is 14.2 Å². The smallest absolute Gasteiger partial charge is 0.257 e. The number of rotatable bonds is 5. The first-order valence-electron chi connectivity index (χ1n) is 8.94. The lowest BCUT2D eigenvalue weighted by Gasteiger charge is -2.20. The largest absolute Gasteiger partial charge is 0.497 e. The third-order valence-electron chi connectivity index (χ3n) is 4.34. The van der Waals surface area contributed by atoms with Crippen molar-refractivity contribution in [2.24, 2.45) is 0 Å². The van der Waals surface area contributed by atoms with Gasteiger partial charge >= 0.3 is 0 Å². The quantitative estimate of drug-likeness (QED) is 0.501. The van der Waals surface area contributed by atoms with Gasteiger partial charge < -0.3 is 19.5 Å². The maximum Gasteiger partial charge on any atom is 0.257 e. The average molecular weight is 472 g/mol. The second-order valence-electron chi connectivity index (χ2n) is 6.24. The summed E-state index contributed by atoms with van der Waals surface area (Å²) in [5.41, 5.74) is 2.11. The standard InChI is InChI=1S/C22H18BrNO4S/c1-26-15-6-4-14(5-7-15)11-16(21-3-2-10-29-21)22(25)24-18-13-20-19(12-17(18)23)27-8-9-28-20/h2-7,10-13H,8-9H2,1H3,(H,24,25)/b16-11+. The van der Waals surface area contributed by atoms with Crippen molar-refractivity contribution in [3.8, 4) is 17.2 Å². The Morgan fingerprint density at radius 1 is 1.14 bits per heavy atom. The lowest BCUT2D eigenvalue weighted by atomic mass is 10.1. The lowest BCUT2D eigenvalue weighted by Crippen LogP contribution is -2.17. The molecule has 1 N–H and O–H groups in total. The molecule has 0 saturated heterocycles. The van der Waals surface area contributed by atoms with E-state index in [0.717, 1.165) is 20.7 Å². The Hall–Kier alpha value is -2.77. The van der Waals surface area contributed by atoms with Crippen molar-refractivity contribution in [3.63, 3.8) is 0 Å². The molecule has 2 aromatic carbocycles. The highest BCUT2D eigenvalue weighted by molar-refractivity contribution is 9.10. The maximum atomic E-state index is 13.2. The van der Waals surface area contributed by atoms with E-state index in [2.05, 4.69) is 21.2 Å². The predicted molar refractivity (Wildman–Crippen MR) is 119 cm³/mol. The van der Waals surface area contributed by atoms with Crippen LogP contribution in [0.1, 0.15) is 10.4 Å². The molecule has 0 aliphatic carbocycles. The summed E-state index contributed by atoms with van der Waals surface area (Å²) in [6, 6.07) is 15.0. The summed E-state index contributed by atoms with van der Waals surface area (Å²) < 4.78 is 17.1. The van der Waals surface area contributed by atoms with E-state index >= 15 is 0 Å². The number of fused-ring (bicyclic) bond motifs is 1. The van der Waals surface area contributed by atoms with Crippen LogP contribution in [0.15, 0.2) is 58.4 Å². The number of nitrogens with one attached hydrogen (secondary N) is 1. The number of benzene rings is 2. The molecule has 1 aliphatic rings. The van der Waals surface area contributed by atoms with Gasteiger partial charge in [-0.1, -0.05) is 18.2 Å². The summed E-state index contributed by atoms with van der Waals surface area (Å²) in [5, 5.41) is 4.93. The highest BCUT2D eigenvalue weighted by Crippen LogP contribution is 2.38. The molecule has 0 bridgehead atoms. The highest BCUT2D eigenvalue weighted by atomic mass is 79.9. The highest BCUT2D eigenvalue weighted by Gasteiger charge is 2.19. The Bertz CT molecular complexity index is 1050. The van der Waals surface area contributed by atoms with Gasteiger partial charge in [-0.2, -0.15) is 0 Å². The van der Waals surface area contributed by atoms with Gasteiger partial charge in [-0.05, 0) is 51.1 Å². The molecular formula is C22H18BrNO4S. The van der Waals surface area contributed by atoms with Crippen LogP contribution in [-0.4, -0.2) is 26.2 Å². The molecule has 1 amide bonds. The Kier molecular flexibility index (Phi) is 5.87. The Balaban J connectivity index is 1.65. The molecule has 0 unspecified atom stereocenters. The summed E-state index contributed by atoms with van der Waals surface area (Å²) in [6.07, 6.45) is 1.87. The number of halogens is 1. The number of amides is 1. The maximum absolute atomic E-state index is 13.2. The number of hydrogen-bond donors (Lipinski definition) is 1. The molecule has 0 atom stereocenters. The zero-order valence-corrected chi connectivity index (χ0v) is 18.0. The van der Waals surface area contributed by atoms with Crippen molar-refractivity contribution < 1.29 is 19.0 Å². The van der Waals surface area contributed by atoms with E-state index in [1.807, 2.05) is 53.9 Å². The molecular weight excluding hydrogens is 454 g/mol. The molecule has 3 aromatic rings. The number of hydrogen-bond acceptors (Lipinski definition) is 5. The van der Waals surface area contributed by atoms with E-state index in [1.165, 1.54) is 11.3 Å². The van der Waals surface area contributed by atoms with Crippen LogP contribution in [0.3, 0.4) is 0 Å². The van der Waals surface area contributed by atoms with Crippen LogP contribution < -0.4 is 19.5 Å². The van der Waals surface area contributed by atoms with Gasteiger partial charge in [0.25, 0.3) is 5.91 Å². The van der Waals surface area contributed by atoms with Crippen molar-refractivity contribution in [3.05, 3.63) is 68.8 Å². The first-order valence-corrected chi connectivity index (χ1v) is 10.6. The normalized spacial score (nSPS) is 13.1. The van der Waals surface area contributed by atoms with E-state index in [1.54, 1.807) is 13.2 Å². The Labute approximate surface area is 181 Å². The first kappa shape index (κ1) is 19.5. The number of carbonyl (C=O) groups excluding carboxylic acids is 1. The number of thiophene rings is 1. The van der Waals surface area contributed by atoms with Crippen molar-refractivity contribution >= 4 is 50.5 Å². The zero-order valence-electron chi connectivity index (χ0n) is 15.6. The zero-order chi connectivity index (χ0) is 20.2. The van der Waals surface area contributed by atoms with Gasteiger partial charge in [0.1, 0.15) is 19.0 Å². The van der Waals surface area contributed by atoms with Gasteiger partial charge in [0.05, 0.1) is 18.4 Å². The third-order valence-corrected chi connectivity index (χ3v) is 5.90. The fourth-order valence-corrected chi connectivity index (χ4v) is 4.06. The van der Waals surface area contributed by atoms with Crippen molar-refractivity contribution in [1.29, 1.82) is 0 Å². The predicted octanol–water partition coefficient (Wildman–Crippen LogP) is 5.47. The second-order valence-corrected chi connectivity index (χ2v) is 8.04. The van der Waals surface area contributed by atoms with E-state index in [-0.39, 0.29) is 5.91 Å². The van der Waals surface area contributed by atoms with Crippen LogP contribution >= 0.6 is 27.3 Å². The van der Waals surface area contributed by atoms with Gasteiger partial charge in [-0.15, -0.1) is 11.3 Å². The lowest BCUT2D eigenvalue weighted by molar-refractivity contribution is -0.111. The fourth-order valence-electron chi connectivity index (χ4n) is 2.90. The van der Waals surface area contributed by atoms with Gasteiger partial charge in [-0.3, -0.25) is 4.79 Å². The molecule has 5 nitrogen and oxygen atoms in total. The Morgan fingerprint density at radius 3 is 2.52 bits per heavy atom. The van der Waals surface area contributed by atoms with Crippen LogP contribution in [0.2, 0.25) is 0 Å². The van der Waals surface area contributed by atoms with Crippen LogP contribution in [0.4, 0.5) is 5.69 Å². The minimum atomic E-state index is -0.208. The molecule has 2 heterocycles. The number of methoxy groups -OCH3 is 1. The molecule has 7 heteroatoms. The molecule has 0 fully saturated rings. The fraction of sp³-hybridized carbons (Fsp3) is 0.136. The van der Waals surface area contributed by atoms with Gasteiger partial charge in [0.2, 0.25) is 0 Å². The molecule has 0 spiro atoms. The molecule has 1 aromatic heterocycles. The van der Waals surface area contributed by atoms with Crippen molar-refractivity contribution in [2.75, 3.05) is 25.6 Å². The summed E-state index contributed by atoms with van der Waals surface area (Å²) in [5.74, 6) is 1.84. The molecule has 148 valence electrons. The molecule has 0 radical (unpaired) electrons. The van der Waals surface area contributed by atoms with Crippen LogP contribution in [0, 0.1) is 0 Å². The van der Waals surface area contributed by atoms with Crippen molar-refractivity contribution in [1.82, 2.24) is 0 Å². The second kappa shape index (κ2) is 8.71. The van der Waals surface area contributed by atoms with E-state index in [0.29, 0.717) is 36.0 Å². The summed E-state index contributed by atoms with van der Waals surface area (Å²) in [4.78, 5) is 14.0. The van der Waals surface area contributed by atoms with Gasteiger partial charge in [0.15, 0.2) is 11.5 Å². The van der Waals surface area contributed by atoms with Crippen LogP contribution in [0.25, 0.3) is 11.6 Å². The molecule has 29 heavy (non-hydrogen) atoms. The monoisotopic (exact) mass is 471 g/mol. The number of anilines is 1. The van der Waals surface area contributed by atoms with E-state index < -0.39 is 0 Å². The van der Waals surface area contributed by atoms with Gasteiger partial charge in [0, 0.05) is 21.5 Å². The summed E-state index contributed by atoms with van der Waals surface area (Å²) in [6.45, 7) is 0.998. The molecule has 1 aliphatic heterocycles.